The number of imide groups is 1. The lowest BCUT2D eigenvalue weighted by Gasteiger charge is -2.23. The largest absolute Gasteiger partial charge is 0.870 e. The van der Waals surface area contributed by atoms with Gasteiger partial charge in [-0.25, -0.2) is 0 Å². The number of allylic oxidation sites excluding steroid dienone is 2. The highest BCUT2D eigenvalue weighted by atomic mass is 35.5. The van der Waals surface area contributed by atoms with Gasteiger partial charge in [-0.05, 0) is 18.3 Å². The molecule has 2 aliphatic carbocycles. The van der Waals surface area contributed by atoms with Crippen LogP contribution in [0.4, 0.5) is 11.4 Å². The Morgan fingerprint density at radius 1 is 1.13 bits per heavy atom. The van der Waals surface area contributed by atoms with E-state index in [0.29, 0.717) is 0 Å². The van der Waals surface area contributed by atoms with Gasteiger partial charge in [0.2, 0.25) is 11.8 Å². The van der Waals surface area contributed by atoms with Crippen molar-refractivity contribution in [1.82, 2.24) is 0 Å². The smallest absolute Gasteiger partial charge is 0.272 e. The van der Waals surface area contributed by atoms with E-state index in [1.807, 2.05) is 12.2 Å². The second-order valence-corrected chi connectivity index (χ2v) is 6.45. The average Bonchev–Trinajstić information content (AvgIpc) is 3.17. The van der Waals surface area contributed by atoms with E-state index in [9.17, 15) is 24.8 Å². The molecule has 23 heavy (non-hydrogen) atoms. The van der Waals surface area contributed by atoms with Gasteiger partial charge in [0.05, 0.1) is 22.4 Å². The number of hydrogen-bond acceptors (Lipinski definition) is 5. The minimum absolute atomic E-state index is 0.00396. The molecule has 1 aliphatic heterocycles. The second kappa shape index (κ2) is 4.55. The minimum Gasteiger partial charge on any atom is -0.870 e. The molecule has 0 aromatic heterocycles. The van der Waals surface area contributed by atoms with E-state index in [0.717, 1.165) is 23.5 Å². The first-order valence-electron chi connectivity index (χ1n) is 7.11. The van der Waals surface area contributed by atoms with Crippen molar-refractivity contribution in [3.05, 3.63) is 39.4 Å². The van der Waals surface area contributed by atoms with Crippen LogP contribution in [-0.2, 0) is 9.59 Å². The van der Waals surface area contributed by atoms with Crippen LogP contribution in [-0.4, -0.2) is 16.7 Å². The van der Waals surface area contributed by atoms with Crippen LogP contribution in [0.3, 0.4) is 0 Å². The zero-order valence-corrected chi connectivity index (χ0v) is 12.4. The molecule has 3 aliphatic rings. The Labute approximate surface area is 135 Å². The summed E-state index contributed by atoms with van der Waals surface area (Å²) in [4.78, 5) is 36.3. The number of rotatable bonds is 2. The number of carbonyl (C=O) groups excluding carboxylic acids is 2. The predicted octanol–water partition coefficient (Wildman–Crippen LogP) is 1.63. The molecule has 0 N–H and O–H groups in total. The van der Waals surface area contributed by atoms with Gasteiger partial charge in [-0.2, -0.15) is 0 Å². The number of fused-ring (bicyclic) bond motifs is 5. The number of carbonyl (C=O) groups is 2. The maximum Gasteiger partial charge on any atom is 0.272 e. The molecule has 0 unspecified atom stereocenters. The number of nitro groups is 1. The average molecular weight is 334 g/mol. The van der Waals surface area contributed by atoms with Crippen molar-refractivity contribution in [2.75, 3.05) is 4.90 Å². The Kier molecular flexibility index (Phi) is 2.81. The number of hydrogen-bond donors (Lipinski definition) is 0. The van der Waals surface area contributed by atoms with E-state index in [2.05, 4.69) is 0 Å². The van der Waals surface area contributed by atoms with Gasteiger partial charge in [0.15, 0.2) is 0 Å². The number of non-ortho nitro benzene ring substituents is 1. The van der Waals surface area contributed by atoms with Crippen molar-refractivity contribution in [2.45, 2.75) is 6.42 Å². The Balaban J connectivity index is 1.82. The molecule has 1 aromatic rings. The molecule has 1 heterocycles. The monoisotopic (exact) mass is 333 g/mol. The van der Waals surface area contributed by atoms with Gasteiger partial charge in [0.1, 0.15) is 0 Å². The zero-order chi connectivity index (χ0) is 16.5. The first kappa shape index (κ1) is 14.2. The van der Waals surface area contributed by atoms with Crippen LogP contribution in [0.15, 0.2) is 24.3 Å². The number of amides is 2. The topological polar surface area (TPSA) is 104 Å². The number of nitrogens with zero attached hydrogens (tertiary/aromatic N) is 2. The van der Waals surface area contributed by atoms with Gasteiger partial charge in [-0.15, -0.1) is 0 Å². The summed E-state index contributed by atoms with van der Waals surface area (Å²) in [6.07, 6.45) is 4.62. The molecule has 2 fully saturated rings. The predicted molar refractivity (Wildman–Crippen MR) is 77.8 cm³/mol. The molecule has 118 valence electrons. The molecule has 2 bridgehead atoms. The summed E-state index contributed by atoms with van der Waals surface area (Å²) in [7, 11) is 0. The van der Waals surface area contributed by atoms with Gasteiger partial charge >= 0.3 is 0 Å². The Morgan fingerprint density at radius 3 is 2.22 bits per heavy atom. The highest BCUT2D eigenvalue weighted by molar-refractivity contribution is 6.33. The SMILES string of the molecule is O=C1[C@@H]2[C@@H](C(=O)N1c1cc([N+](=O)[O-])cc(Cl)c1[O-])[C@H]1C=C[C@@H]2C1. The molecule has 8 heteroatoms. The molecule has 1 saturated carbocycles. The highest BCUT2D eigenvalue weighted by Crippen LogP contribution is 2.54. The quantitative estimate of drug-likeness (QED) is 0.354. The fourth-order valence-electron chi connectivity index (χ4n) is 3.98. The van der Waals surface area contributed by atoms with Crippen molar-refractivity contribution in [1.29, 1.82) is 0 Å². The standard InChI is InChI=1S/C15H11ClN2O5/c16-9-4-8(18(22)23)5-10(13(9)19)17-14(20)11-6-1-2-7(3-6)12(11)15(17)21/h1-2,4-7,11-12,19H,3H2/p-1/t6-,7+,11-,12-/m0/s1. The summed E-state index contributed by atoms with van der Waals surface area (Å²) in [6.45, 7) is 0. The van der Waals surface area contributed by atoms with Gasteiger partial charge in [-0.3, -0.25) is 24.6 Å². The summed E-state index contributed by atoms with van der Waals surface area (Å²) in [5, 5.41) is 22.8. The van der Waals surface area contributed by atoms with Crippen LogP contribution in [0.2, 0.25) is 5.02 Å². The molecule has 0 spiro atoms. The summed E-state index contributed by atoms with van der Waals surface area (Å²) < 4.78 is 0. The molecule has 4 atom stereocenters. The van der Waals surface area contributed by atoms with Crippen molar-refractivity contribution in [2.24, 2.45) is 23.7 Å². The maximum atomic E-state index is 12.7. The van der Waals surface area contributed by atoms with Gasteiger partial charge in [-0.1, -0.05) is 29.5 Å². The van der Waals surface area contributed by atoms with E-state index in [1.54, 1.807) is 0 Å². The lowest BCUT2D eigenvalue weighted by Crippen LogP contribution is -2.33. The van der Waals surface area contributed by atoms with Crippen molar-refractivity contribution < 1.29 is 19.6 Å². The molecule has 1 saturated heterocycles. The van der Waals surface area contributed by atoms with Crippen LogP contribution in [0.5, 0.6) is 5.75 Å². The molecular formula is C15H10ClN2O5-. The lowest BCUT2D eigenvalue weighted by molar-refractivity contribution is -0.385. The van der Waals surface area contributed by atoms with E-state index in [1.165, 1.54) is 0 Å². The number of benzene rings is 1. The molecule has 0 radical (unpaired) electrons. The summed E-state index contributed by atoms with van der Waals surface area (Å²) in [5.41, 5.74) is -0.753. The summed E-state index contributed by atoms with van der Waals surface area (Å²) in [6, 6.07) is 1.87. The normalized spacial score (nSPS) is 31.1. The fraction of sp³-hybridized carbons (Fsp3) is 0.333. The third kappa shape index (κ3) is 1.77. The van der Waals surface area contributed by atoms with Gasteiger partial charge in [0, 0.05) is 17.2 Å². The molecule has 2 amide bonds. The molecule has 4 rings (SSSR count). The second-order valence-electron chi connectivity index (χ2n) is 6.04. The zero-order valence-electron chi connectivity index (χ0n) is 11.6. The lowest BCUT2D eigenvalue weighted by atomic mass is 9.85. The van der Waals surface area contributed by atoms with Crippen LogP contribution in [0.1, 0.15) is 6.42 Å². The van der Waals surface area contributed by atoms with Gasteiger partial charge < -0.3 is 5.11 Å². The first-order chi connectivity index (χ1) is 10.9. The Hall–Kier alpha value is -2.41. The summed E-state index contributed by atoms with van der Waals surface area (Å²) >= 11 is 5.75. The van der Waals surface area contributed by atoms with E-state index in [-0.39, 0.29) is 22.5 Å². The number of anilines is 1. The third-order valence-electron chi connectivity index (χ3n) is 4.93. The Morgan fingerprint density at radius 2 is 1.70 bits per heavy atom. The van der Waals surface area contributed by atoms with Crippen molar-refractivity contribution >= 4 is 34.8 Å². The van der Waals surface area contributed by atoms with Gasteiger partial charge in [0.25, 0.3) is 5.69 Å². The number of halogens is 1. The minimum atomic E-state index is -0.751. The van der Waals surface area contributed by atoms with E-state index < -0.39 is 40.0 Å². The van der Waals surface area contributed by atoms with E-state index >= 15 is 0 Å². The van der Waals surface area contributed by atoms with Crippen LogP contribution in [0.25, 0.3) is 0 Å². The fourth-order valence-corrected chi connectivity index (χ4v) is 4.18. The Bertz CT molecular complexity index is 775. The van der Waals surface area contributed by atoms with E-state index in [4.69, 9.17) is 11.6 Å². The van der Waals surface area contributed by atoms with Crippen molar-refractivity contribution in [3.63, 3.8) is 0 Å². The first-order valence-corrected chi connectivity index (χ1v) is 7.49. The summed E-state index contributed by atoms with van der Waals surface area (Å²) in [5.74, 6) is -2.65. The molecule has 7 nitrogen and oxygen atoms in total. The van der Waals surface area contributed by atoms with Crippen LogP contribution in [0, 0.1) is 33.8 Å². The number of nitro benzene ring substituents is 1. The van der Waals surface area contributed by atoms with Crippen LogP contribution >= 0.6 is 11.6 Å². The van der Waals surface area contributed by atoms with Crippen molar-refractivity contribution in [3.8, 4) is 5.75 Å². The molecular weight excluding hydrogens is 324 g/mol. The maximum absolute atomic E-state index is 12.7. The third-order valence-corrected chi connectivity index (χ3v) is 5.21. The highest BCUT2D eigenvalue weighted by Gasteiger charge is 2.59. The molecule has 1 aromatic carbocycles. The van der Waals surface area contributed by atoms with Crippen LogP contribution < -0.4 is 10.0 Å².